The molecule has 0 heterocycles. The van der Waals surface area contributed by atoms with Gasteiger partial charge in [0.2, 0.25) is 0 Å². The summed E-state index contributed by atoms with van der Waals surface area (Å²) >= 11 is 0. The van der Waals surface area contributed by atoms with E-state index in [0.29, 0.717) is 0 Å². The second-order valence-corrected chi connectivity index (χ2v) is 1.85. The van der Waals surface area contributed by atoms with Gasteiger partial charge in [0.25, 0.3) is 0 Å². The first-order valence-electron chi connectivity index (χ1n) is 3.07. The van der Waals surface area contributed by atoms with Gasteiger partial charge in [-0.3, -0.25) is 10.2 Å². The molecule has 0 atom stereocenters. The standard InChI is InChI=1S/C8H11NO/c1-3-4-5-6-8(9)7(2)10/h3-6,9H,1-2H3/b4-3-,6-5+,9-8?. The maximum absolute atomic E-state index is 10.4. The van der Waals surface area contributed by atoms with Crippen molar-refractivity contribution in [3.8, 4) is 0 Å². The van der Waals surface area contributed by atoms with Gasteiger partial charge in [-0.1, -0.05) is 18.2 Å². The molecule has 2 heteroatoms. The van der Waals surface area contributed by atoms with Crippen LogP contribution in [-0.2, 0) is 4.79 Å². The van der Waals surface area contributed by atoms with Crippen LogP contribution in [0.5, 0.6) is 0 Å². The van der Waals surface area contributed by atoms with Gasteiger partial charge in [0.1, 0.15) is 0 Å². The second kappa shape index (κ2) is 4.68. The lowest BCUT2D eigenvalue weighted by atomic mass is 10.2. The number of ketones is 1. The van der Waals surface area contributed by atoms with Crippen LogP contribution >= 0.6 is 0 Å². The molecule has 0 radical (unpaired) electrons. The third kappa shape index (κ3) is 3.78. The van der Waals surface area contributed by atoms with Gasteiger partial charge in [-0.15, -0.1) is 0 Å². The Bertz CT molecular complexity index is 189. The van der Waals surface area contributed by atoms with E-state index in [1.165, 1.54) is 13.0 Å². The second-order valence-electron chi connectivity index (χ2n) is 1.85. The highest BCUT2D eigenvalue weighted by Crippen LogP contribution is 1.81. The van der Waals surface area contributed by atoms with Crippen molar-refractivity contribution in [3.05, 3.63) is 24.3 Å². The van der Waals surface area contributed by atoms with E-state index in [1.807, 2.05) is 13.0 Å². The van der Waals surface area contributed by atoms with Gasteiger partial charge in [0, 0.05) is 6.92 Å². The van der Waals surface area contributed by atoms with E-state index in [2.05, 4.69) is 0 Å². The third-order valence-corrected chi connectivity index (χ3v) is 0.946. The van der Waals surface area contributed by atoms with Gasteiger partial charge in [0.05, 0.1) is 5.71 Å². The van der Waals surface area contributed by atoms with Crippen molar-refractivity contribution in [1.29, 1.82) is 5.41 Å². The van der Waals surface area contributed by atoms with Gasteiger partial charge in [-0.25, -0.2) is 0 Å². The van der Waals surface area contributed by atoms with Crippen LogP contribution in [0.3, 0.4) is 0 Å². The summed E-state index contributed by atoms with van der Waals surface area (Å²) in [4.78, 5) is 10.4. The minimum Gasteiger partial charge on any atom is -0.297 e. The summed E-state index contributed by atoms with van der Waals surface area (Å²) in [6, 6.07) is 0. The van der Waals surface area contributed by atoms with Crippen molar-refractivity contribution in [2.45, 2.75) is 13.8 Å². The fourth-order valence-corrected chi connectivity index (χ4v) is 0.380. The predicted molar refractivity (Wildman–Crippen MR) is 42.4 cm³/mol. The zero-order chi connectivity index (χ0) is 7.98. The van der Waals surface area contributed by atoms with Crippen LogP contribution in [0, 0.1) is 5.41 Å². The lowest BCUT2D eigenvalue weighted by molar-refractivity contribution is -0.111. The van der Waals surface area contributed by atoms with Gasteiger partial charge >= 0.3 is 0 Å². The highest BCUT2D eigenvalue weighted by atomic mass is 16.1. The van der Waals surface area contributed by atoms with E-state index < -0.39 is 0 Å². The Labute approximate surface area is 60.8 Å². The molecule has 0 bridgehead atoms. The van der Waals surface area contributed by atoms with Crippen molar-refractivity contribution in [3.63, 3.8) is 0 Å². The van der Waals surface area contributed by atoms with E-state index in [0.717, 1.165) is 0 Å². The highest BCUT2D eigenvalue weighted by Gasteiger charge is 1.94. The van der Waals surface area contributed by atoms with Gasteiger partial charge < -0.3 is 0 Å². The van der Waals surface area contributed by atoms with Crippen LogP contribution in [0.25, 0.3) is 0 Å². The predicted octanol–water partition coefficient (Wildman–Crippen LogP) is 1.73. The van der Waals surface area contributed by atoms with Crippen molar-refractivity contribution in [2.24, 2.45) is 0 Å². The molecule has 0 amide bonds. The number of nitrogens with one attached hydrogen (secondary N) is 1. The number of rotatable bonds is 3. The number of Topliss-reactive ketones (excluding diaryl/α,β-unsaturated/α-hetero) is 1. The molecule has 0 unspecified atom stereocenters. The van der Waals surface area contributed by atoms with Crippen LogP contribution in [0.15, 0.2) is 24.3 Å². The van der Waals surface area contributed by atoms with Crippen LogP contribution in [-0.4, -0.2) is 11.5 Å². The zero-order valence-corrected chi connectivity index (χ0v) is 6.22. The first kappa shape index (κ1) is 8.82. The Balaban J connectivity index is 3.90. The molecule has 0 aromatic rings. The summed E-state index contributed by atoms with van der Waals surface area (Å²) in [5.41, 5.74) is 0.0399. The lowest BCUT2D eigenvalue weighted by Gasteiger charge is -1.84. The number of allylic oxidation sites excluding steroid dienone is 4. The summed E-state index contributed by atoms with van der Waals surface area (Å²) in [5, 5.41) is 7.05. The van der Waals surface area contributed by atoms with Gasteiger partial charge in [-0.05, 0) is 13.0 Å². The summed E-state index contributed by atoms with van der Waals surface area (Å²) < 4.78 is 0. The molecule has 0 aromatic heterocycles. The Hall–Kier alpha value is -1.18. The van der Waals surface area contributed by atoms with Crippen molar-refractivity contribution < 1.29 is 4.79 Å². The number of hydrogen-bond acceptors (Lipinski definition) is 2. The molecule has 0 aromatic carbocycles. The summed E-state index contributed by atoms with van der Waals surface area (Å²) in [7, 11) is 0. The fourth-order valence-electron chi connectivity index (χ4n) is 0.380. The SMILES string of the molecule is C/C=C\C=C\C(=N)C(C)=O. The third-order valence-electron chi connectivity index (χ3n) is 0.946. The average Bonchev–Trinajstić information content (AvgIpc) is 1.88. The van der Waals surface area contributed by atoms with Crippen molar-refractivity contribution in [1.82, 2.24) is 0 Å². The molecule has 1 N–H and O–H groups in total. The molecule has 0 saturated carbocycles. The van der Waals surface area contributed by atoms with E-state index >= 15 is 0 Å². The molecule has 54 valence electrons. The molecular formula is C8H11NO. The Kier molecular flexibility index (Phi) is 4.12. The van der Waals surface area contributed by atoms with E-state index in [-0.39, 0.29) is 11.5 Å². The largest absolute Gasteiger partial charge is 0.297 e. The van der Waals surface area contributed by atoms with Crippen LogP contribution in [0.1, 0.15) is 13.8 Å². The summed E-state index contributed by atoms with van der Waals surface area (Å²) in [5.74, 6) is -0.208. The van der Waals surface area contributed by atoms with E-state index in [1.54, 1.807) is 12.2 Å². The molecule has 0 aliphatic heterocycles. The first-order chi connectivity index (χ1) is 4.68. The Morgan fingerprint density at radius 2 is 2.00 bits per heavy atom. The molecule has 0 aliphatic carbocycles. The highest BCUT2D eigenvalue weighted by molar-refractivity contribution is 6.42. The zero-order valence-electron chi connectivity index (χ0n) is 6.22. The minimum absolute atomic E-state index is 0.0399. The maximum Gasteiger partial charge on any atom is 0.177 e. The fraction of sp³-hybridized carbons (Fsp3) is 0.250. The molecule has 0 fully saturated rings. The number of carbonyl (C=O) groups is 1. The molecule has 0 aliphatic rings. The molecule has 0 rings (SSSR count). The topological polar surface area (TPSA) is 40.9 Å². The van der Waals surface area contributed by atoms with Crippen LogP contribution in [0.4, 0.5) is 0 Å². The Morgan fingerprint density at radius 1 is 1.40 bits per heavy atom. The average molecular weight is 137 g/mol. The monoisotopic (exact) mass is 137 g/mol. The smallest absolute Gasteiger partial charge is 0.177 e. The lowest BCUT2D eigenvalue weighted by Crippen LogP contribution is -2.03. The number of hydrogen-bond donors (Lipinski definition) is 1. The summed E-state index contributed by atoms with van der Waals surface area (Å²) in [6.07, 6.45) is 6.76. The van der Waals surface area contributed by atoms with Crippen LogP contribution in [0.2, 0.25) is 0 Å². The molecule has 0 spiro atoms. The van der Waals surface area contributed by atoms with Crippen LogP contribution < -0.4 is 0 Å². The number of carbonyl (C=O) groups excluding carboxylic acids is 1. The summed E-state index contributed by atoms with van der Waals surface area (Å²) in [6.45, 7) is 3.25. The molecule has 2 nitrogen and oxygen atoms in total. The Morgan fingerprint density at radius 3 is 2.40 bits per heavy atom. The normalized spacial score (nSPS) is 11.0. The van der Waals surface area contributed by atoms with Crippen molar-refractivity contribution in [2.75, 3.05) is 0 Å². The minimum atomic E-state index is -0.208. The van der Waals surface area contributed by atoms with E-state index in [9.17, 15) is 4.79 Å². The molecule has 0 saturated heterocycles. The molecular weight excluding hydrogens is 126 g/mol. The molecule has 10 heavy (non-hydrogen) atoms. The first-order valence-corrected chi connectivity index (χ1v) is 3.07. The van der Waals surface area contributed by atoms with Crippen molar-refractivity contribution >= 4 is 11.5 Å². The van der Waals surface area contributed by atoms with Gasteiger partial charge in [0.15, 0.2) is 5.78 Å². The van der Waals surface area contributed by atoms with Gasteiger partial charge in [-0.2, -0.15) is 0 Å². The quantitative estimate of drug-likeness (QED) is 0.467. The maximum atomic E-state index is 10.4. The van der Waals surface area contributed by atoms with E-state index in [4.69, 9.17) is 5.41 Å².